The van der Waals surface area contributed by atoms with Gasteiger partial charge in [0.15, 0.2) is 11.2 Å². The number of carbonyl (C=O) groups is 1. The average molecular weight is 461 g/mol. The zero-order valence-corrected chi connectivity index (χ0v) is 18.0. The van der Waals surface area contributed by atoms with E-state index < -0.39 is 29.9 Å². The van der Waals surface area contributed by atoms with Gasteiger partial charge in [-0.2, -0.15) is 4.98 Å². The first-order valence-electron chi connectivity index (χ1n) is 10.9. The van der Waals surface area contributed by atoms with Gasteiger partial charge in [-0.1, -0.05) is 60.7 Å². The molecule has 0 radical (unpaired) electrons. The van der Waals surface area contributed by atoms with Crippen molar-refractivity contribution in [3.8, 4) is 0 Å². The average Bonchev–Trinajstić information content (AvgIpc) is 3.44. The molecule has 1 aliphatic rings. The van der Waals surface area contributed by atoms with Crippen molar-refractivity contribution in [2.45, 2.75) is 30.8 Å². The summed E-state index contributed by atoms with van der Waals surface area (Å²) >= 11 is 0. The van der Waals surface area contributed by atoms with Crippen molar-refractivity contribution >= 4 is 23.0 Å². The maximum absolute atomic E-state index is 13.4. The van der Waals surface area contributed by atoms with Gasteiger partial charge >= 0.3 is 0 Å². The second-order valence-corrected chi connectivity index (χ2v) is 8.10. The molecule has 4 N–H and O–H groups in total. The molecule has 4 aromatic rings. The van der Waals surface area contributed by atoms with Crippen molar-refractivity contribution in [1.29, 1.82) is 0 Å². The number of ether oxygens (including phenoxy) is 1. The second-order valence-electron chi connectivity index (χ2n) is 8.10. The third-order valence-corrected chi connectivity index (χ3v) is 5.90. The summed E-state index contributed by atoms with van der Waals surface area (Å²) in [5, 5.41) is 22.2. The third kappa shape index (κ3) is 4.10. The van der Waals surface area contributed by atoms with Gasteiger partial charge in [0.25, 0.3) is 5.56 Å². The Morgan fingerprint density at radius 1 is 1.15 bits per heavy atom. The molecule has 5 rings (SSSR count). The lowest BCUT2D eigenvalue weighted by Gasteiger charge is -2.18. The Morgan fingerprint density at radius 2 is 1.79 bits per heavy atom. The fourth-order valence-electron chi connectivity index (χ4n) is 4.22. The minimum absolute atomic E-state index is 0.0293. The minimum atomic E-state index is -0.855. The predicted molar refractivity (Wildman–Crippen MR) is 123 cm³/mol. The first-order valence-corrected chi connectivity index (χ1v) is 10.9. The molecule has 0 aliphatic carbocycles. The maximum atomic E-state index is 13.4. The Labute approximate surface area is 193 Å². The molecule has 10 nitrogen and oxygen atoms in total. The topological polar surface area (TPSA) is 142 Å². The van der Waals surface area contributed by atoms with Gasteiger partial charge < -0.3 is 14.9 Å². The fourth-order valence-corrected chi connectivity index (χ4v) is 4.22. The van der Waals surface area contributed by atoms with E-state index in [0.717, 1.165) is 11.1 Å². The van der Waals surface area contributed by atoms with Crippen LogP contribution in [-0.2, 0) is 9.53 Å². The number of H-pyrrole nitrogens is 1. The number of nitrogens with zero attached hydrogens (tertiary/aromatic N) is 3. The third-order valence-electron chi connectivity index (χ3n) is 5.90. The number of rotatable bonds is 6. The Kier molecular flexibility index (Phi) is 5.93. The van der Waals surface area contributed by atoms with Crippen LogP contribution in [0, 0.1) is 0 Å². The highest BCUT2D eigenvalue weighted by Gasteiger charge is 2.35. The van der Waals surface area contributed by atoms with E-state index in [2.05, 4.69) is 20.3 Å². The summed E-state index contributed by atoms with van der Waals surface area (Å²) in [5.74, 6) is -1.01. The van der Waals surface area contributed by atoms with Crippen LogP contribution in [0.1, 0.15) is 29.7 Å². The molecular weight excluding hydrogens is 438 g/mol. The number of aliphatic hydroxyl groups is 2. The summed E-state index contributed by atoms with van der Waals surface area (Å²) in [4.78, 5) is 37.1. The van der Waals surface area contributed by atoms with Gasteiger partial charge in [0.2, 0.25) is 11.9 Å². The maximum Gasteiger partial charge on any atom is 0.280 e. The van der Waals surface area contributed by atoms with Gasteiger partial charge in [-0.25, -0.2) is 4.98 Å². The number of fused-ring (bicyclic) bond motifs is 1. The summed E-state index contributed by atoms with van der Waals surface area (Å²) in [6, 6.07) is 18.7. The normalized spacial score (nSPS) is 20.1. The zero-order chi connectivity index (χ0) is 23.7. The molecule has 1 aliphatic heterocycles. The number of anilines is 1. The lowest BCUT2D eigenvalue weighted by molar-refractivity contribution is -0.116. The number of nitrogens with one attached hydrogen (secondary N) is 2. The Morgan fingerprint density at radius 3 is 2.38 bits per heavy atom. The van der Waals surface area contributed by atoms with Crippen LogP contribution in [0.2, 0.25) is 0 Å². The van der Waals surface area contributed by atoms with Gasteiger partial charge in [-0.15, -0.1) is 0 Å². The highest BCUT2D eigenvalue weighted by atomic mass is 16.5. The molecule has 0 spiro atoms. The standard InChI is InChI=1S/C24H23N5O5/c30-12-17-16(31)11-18(34-17)29-13-25-20-21(29)26-24(28-23(20)33)27-22(32)19(14-7-3-1-4-8-14)15-9-5-2-6-10-15/h1-10,13,16-19,30-31H,11-12H2,(H2,26,27,28,32,33)/t16-,17+,18+/m0/s1. The number of aromatic nitrogens is 4. The van der Waals surface area contributed by atoms with Gasteiger partial charge in [-0.3, -0.25) is 24.5 Å². The smallest absolute Gasteiger partial charge is 0.280 e. The quantitative estimate of drug-likeness (QED) is 0.341. The SMILES string of the molecule is O=C(Nc1nc2c(ncn2[C@H]2C[C@H](O)[C@@H](CO)O2)c(=O)[nH]1)C(c1ccccc1)c1ccccc1. The van der Waals surface area contributed by atoms with Crippen molar-refractivity contribution in [2.75, 3.05) is 11.9 Å². The molecule has 3 atom stereocenters. The molecule has 10 heteroatoms. The summed E-state index contributed by atoms with van der Waals surface area (Å²) in [5.41, 5.74) is 1.34. The highest BCUT2D eigenvalue weighted by molar-refractivity contribution is 5.97. The summed E-state index contributed by atoms with van der Waals surface area (Å²) in [6.07, 6.45) is -0.646. The molecule has 34 heavy (non-hydrogen) atoms. The second kappa shape index (κ2) is 9.18. The van der Waals surface area contributed by atoms with Crippen LogP contribution in [0.3, 0.4) is 0 Å². The molecule has 2 aromatic heterocycles. The van der Waals surface area contributed by atoms with Crippen LogP contribution in [0.25, 0.3) is 11.2 Å². The molecule has 0 saturated carbocycles. The number of amides is 1. The summed E-state index contributed by atoms with van der Waals surface area (Å²) in [7, 11) is 0. The predicted octanol–water partition coefficient (Wildman–Crippen LogP) is 1.53. The number of aromatic amines is 1. The lowest BCUT2D eigenvalue weighted by Crippen LogP contribution is -2.25. The van der Waals surface area contributed by atoms with Crippen LogP contribution < -0.4 is 10.9 Å². The molecule has 2 aromatic carbocycles. The van der Waals surface area contributed by atoms with E-state index in [-0.39, 0.29) is 36.0 Å². The van der Waals surface area contributed by atoms with Crippen LogP contribution >= 0.6 is 0 Å². The number of aliphatic hydroxyl groups excluding tert-OH is 2. The monoisotopic (exact) mass is 461 g/mol. The Balaban J connectivity index is 1.48. The molecule has 0 unspecified atom stereocenters. The fraction of sp³-hybridized carbons (Fsp3) is 0.250. The summed E-state index contributed by atoms with van der Waals surface area (Å²) in [6.45, 7) is -0.333. The van der Waals surface area contributed by atoms with Crippen LogP contribution in [-0.4, -0.2) is 54.5 Å². The number of hydrogen-bond acceptors (Lipinski definition) is 7. The van der Waals surface area contributed by atoms with Gasteiger partial charge in [0, 0.05) is 6.42 Å². The van der Waals surface area contributed by atoms with E-state index >= 15 is 0 Å². The molecule has 3 heterocycles. The largest absolute Gasteiger partial charge is 0.394 e. The van der Waals surface area contributed by atoms with Crippen molar-refractivity contribution < 1.29 is 19.7 Å². The molecule has 1 saturated heterocycles. The molecule has 1 fully saturated rings. The molecular formula is C24H23N5O5. The van der Waals surface area contributed by atoms with E-state index in [1.54, 1.807) is 0 Å². The number of hydrogen-bond donors (Lipinski definition) is 4. The van der Waals surface area contributed by atoms with Crippen LogP contribution in [0.15, 0.2) is 71.8 Å². The van der Waals surface area contributed by atoms with Gasteiger partial charge in [-0.05, 0) is 11.1 Å². The van der Waals surface area contributed by atoms with Crippen LogP contribution in [0.4, 0.5) is 5.95 Å². The molecule has 0 bridgehead atoms. The zero-order valence-electron chi connectivity index (χ0n) is 18.0. The first kappa shape index (κ1) is 22.0. The van der Waals surface area contributed by atoms with Crippen molar-refractivity contribution in [3.63, 3.8) is 0 Å². The van der Waals surface area contributed by atoms with Gasteiger partial charge in [0.05, 0.1) is 25.0 Å². The van der Waals surface area contributed by atoms with E-state index in [0.29, 0.717) is 0 Å². The van der Waals surface area contributed by atoms with E-state index in [1.165, 1.54) is 10.9 Å². The van der Waals surface area contributed by atoms with Crippen LogP contribution in [0.5, 0.6) is 0 Å². The van der Waals surface area contributed by atoms with Crippen molar-refractivity contribution in [3.05, 3.63) is 88.5 Å². The number of benzene rings is 2. The number of carbonyl (C=O) groups excluding carboxylic acids is 1. The lowest BCUT2D eigenvalue weighted by atomic mass is 9.90. The van der Waals surface area contributed by atoms with E-state index in [9.17, 15) is 19.8 Å². The van der Waals surface area contributed by atoms with Crippen molar-refractivity contribution in [1.82, 2.24) is 19.5 Å². The number of imidazole rings is 1. The van der Waals surface area contributed by atoms with Gasteiger partial charge in [0.1, 0.15) is 12.3 Å². The van der Waals surface area contributed by atoms with E-state index in [4.69, 9.17) is 4.74 Å². The molecule has 174 valence electrons. The Bertz CT molecular complexity index is 1320. The van der Waals surface area contributed by atoms with Crippen molar-refractivity contribution in [2.24, 2.45) is 0 Å². The minimum Gasteiger partial charge on any atom is -0.394 e. The molecule has 1 amide bonds. The Hall–Kier alpha value is -3.86. The van der Waals surface area contributed by atoms with E-state index in [1.807, 2.05) is 60.7 Å². The first-order chi connectivity index (χ1) is 16.5. The summed E-state index contributed by atoms with van der Waals surface area (Å²) < 4.78 is 7.19. The highest BCUT2D eigenvalue weighted by Crippen LogP contribution is 2.30.